The number of hydrogen-bond donors (Lipinski definition) is 0. The fourth-order valence-electron chi connectivity index (χ4n) is 4.30. The summed E-state index contributed by atoms with van der Waals surface area (Å²) in [5, 5.41) is 90.0. The summed E-state index contributed by atoms with van der Waals surface area (Å²) < 4.78 is 1.18. The maximum Gasteiger partial charge on any atom is 3.00 e. The molecule has 50 heavy (non-hydrogen) atoms. The average molecular weight is 720 g/mol. The number of nitro benzene ring substituents is 2. The third-order valence-corrected chi connectivity index (χ3v) is 6.67. The van der Waals surface area contributed by atoms with Gasteiger partial charge in [-0.05, 0) is 24.4 Å². The number of nitro groups is 2. The van der Waals surface area contributed by atoms with Gasteiger partial charge < -0.3 is 20.4 Å². The molecule has 0 saturated carbocycles. The van der Waals surface area contributed by atoms with Gasteiger partial charge in [-0.3, -0.25) is 20.2 Å². The van der Waals surface area contributed by atoms with Crippen molar-refractivity contribution >= 4 is 44.9 Å². The largest absolute Gasteiger partial charge is 3.00 e. The molecule has 0 N–H and O–H groups in total. The molecular formula is C32H20CrN8NaO8. The Balaban J connectivity index is 0.000000261. The molecule has 0 amide bonds. The molecule has 0 unspecified atom stereocenters. The molecule has 0 atom stereocenters. The van der Waals surface area contributed by atoms with E-state index in [1.165, 1.54) is 10.7 Å². The molecule has 1 radical (unpaired) electrons. The second kappa shape index (κ2) is 17.1. The molecule has 0 bridgehead atoms. The van der Waals surface area contributed by atoms with Crippen molar-refractivity contribution in [3.05, 3.63) is 129 Å². The van der Waals surface area contributed by atoms with E-state index in [1.54, 1.807) is 49.4 Å². The molecule has 6 aromatic rings. The summed E-state index contributed by atoms with van der Waals surface area (Å²) in [6, 6.07) is 25.2. The van der Waals surface area contributed by atoms with E-state index in [0.29, 0.717) is 16.8 Å². The van der Waals surface area contributed by atoms with Gasteiger partial charge in [0.1, 0.15) is 5.69 Å². The van der Waals surface area contributed by atoms with Gasteiger partial charge in [0.15, 0.2) is 0 Å². The summed E-state index contributed by atoms with van der Waals surface area (Å²) >= 11 is 0. The van der Waals surface area contributed by atoms with Gasteiger partial charge >= 0.3 is 46.9 Å². The molecule has 0 saturated heterocycles. The van der Waals surface area contributed by atoms with Crippen LogP contribution in [-0.4, -0.2) is 19.6 Å². The summed E-state index contributed by atoms with van der Waals surface area (Å²) in [7, 11) is 0. The van der Waals surface area contributed by atoms with E-state index in [2.05, 4.69) is 25.6 Å². The van der Waals surface area contributed by atoms with Gasteiger partial charge in [-0.25, -0.2) is 4.68 Å². The minimum atomic E-state index is -0.643. The molecule has 5 aromatic carbocycles. The third kappa shape index (κ3) is 8.85. The fraction of sp³-hybridized carbons (Fsp3) is 0.0312. The minimum absolute atomic E-state index is 0. The molecule has 0 aliphatic rings. The maximum absolute atomic E-state index is 12.4. The first-order valence-electron chi connectivity index (χ1n) is 13.8. The van der Waals surface area contributed by atoms with Crippen LogP contribution in [0.15, 0.2) is 124 Å². The van der Waals surface area contributed by atoms with Crippen LogP contribution in [0.3, 0.4) is 0 Å². The van der Waals surface area contributed by atoms with Gasteiger partial charge in [-0.15, -0.1) is 5.11 Å². The number of aryl methyl sites for hydroxylation is 1. The van der Waals surface area contributed by atoms with E-state index in [4.69, 9.17) is 0 Å². The van der Waals surface area contributed by atoms with Crippen LogP contribution < -0.4 is 50.0 Å². The standard InChI is InChI=1S/C16H13N5O4.C16H11N3O4.Cr.Na/c1-10-15(16(23)20(19-10)11-5-3-2-4-6-11)18-17-13-9-12(21(24)25)7-8-14(13)22;20-14-8-6-11(19(22)23)9-13(14)17-18-16-12-4-2-1-3-10(12)5-7-15(16)21;;/h2-9,22-23H,1H3;1-9,20-21H;;/q;;+3;+1/p-4. The topological polar surface area (TPSA) is 246 Å². The Morgan fingerprint density at radius 3 is 1.68 bits per heavy atom. The van der Waals surface area contributed by atoms with E-state index in [9.17, 15) is 40.7 Å². The molecule has 16 nitrogen and oxygen atoms in total. The first kappa shape index (κ1) is 38.7. The normalized spacial score (nSPS) is 10.7. The predicted molar refractivity (Wildman–Crippen MR) is 165 cm³/mol. The number of non-ortho nitro benzene ring substituents is 2. The van der Waals surface area contributed by atoms with Gasteiger partial charge in [0.25, 0.3) is 11.4 Å². The molecule has 1 aromatic heterocycles. The molecule has 0 fully saturated rings. The number of aromatic nitrogens is 2. The van der Waals surface area contributed by atoms with E-state index in [-0.39, 0.29) is 86.8 Å². The quantitative estimate of drug-likeness (QED) is 0.102. The van der Waals surface area contributed by atoms with E-state index >= 15 is 0 Å². The molecular weight excluding hydrogens is 699 g/mol. The van der Waals surface area contributed by atoms with E-state index in [1.807, 2.05) is 18.2 Å². The van der Waals surface area contributed by atoms with Crippen molar-refractivity contribution in [2.45, 2.75) is 6.92 Å². The second-order valence-electron chi connectivity index (χ2n) is 9.84. The van der Waals surface area contributed by atoms with Crippen LogP contribution in [-0.2, 0) is 17.4 Å². The Kier molecular flexibility index (Phi) is 13.3. The van der Waals surface area contributed by atoms with Crippen LogP contribution in [0, 0.1) is 27.2 Å². The molecule has 6 rings (SSSR count). The average Bonchev–Trinajstić information content (AvgIpc) is 3.37. The molecule has 243 valence electrons. The number of benzene rings is 5. The van der Waals surface area contributed by atoms with Gasteiger partial charge in [0.05, 0.1) is 38.3 Å². The van der Waals surface area contributed by atoms with Gasteiger partial charge in [-0.1, -0.05) is 84.0 Å². The number of para-hydroxylation sites is 1. The van der Waals surface area contributed by atoms with Crippen LogP contribution in [0.25, 0.3) is 16.5 Å². The molecule has 1 heterocycles. The summed E-state index contributed by atoms with van der Waals surface area (Å²) in [5.41, 5.74) is -0.00503. The zero-order chi connectivity index (χ0) is 34.4. The minimum Gasteiger partial charge on any atom is -0.871 e. The van der Waals surface area contributed by atoms with Crippen LogP contribution in [0.1, 0.15) is 5.69 Å². The maximum atomic E-state index is 12.4. The van der Waals surface area contributed by atoms with Crippen molar-refractivity contribution < 1.29 is 77.2 Å². The monoisotopic (exact) mass is 719 g/mol. The predicted octanol–water partition coefficient (Wildman–Crippen LogP) is 2.96. The Labute approximate surface area is 315 Å². The van der Waals surface area contributed by atoms with Crippen LogP contribution in [0.2, 0.25) is 0 Å². The Bertz CT molecular complexity index is 2230. The van der Waals surface area contributed by atoms with Crippen molar-refractivity contribution in [2.24, 2.45) is 20.5 Å². The molecule has 18 heteroatoms. The van der Waals surface area contributed by atoms with Crippen molar-refractivity contribution in [2.75, 3.05) is 0 Å². The Morgan fingerprint density at radius 1 is 0.620 bits per heavy atom. The van der Waals surface area contributed by atoms with Crippen LogP contribution in [0.5, 0.6) is 23.1 Å². The second-order valence-corrected chi connectivity index (χ2v) is 9.84. The van der Waals surface area contributed by atoms with Gasteiger partial charge in [-0.2, -0.15) is 20.4 Å². The summed E-state index contributed by atoms with van der Waals surface area (Å²) in [6.07, 6.45) is 0. The Morgan fingerprint density at radius 2 is 1.12 bits per heavy atom. The zero-order valence-electron chi connectivity index (χ0n) is 26.1. The van der Waals surface area contributed by atoms with Crippen molar-refractivity contribution in [3.63, 3.8) is 0 Å². The first-order chi connectivity index (χ1) is 23.0. The van der Waals surface area contributed by atoms with Gasteiger partial charge in [0, 0.05) is 35.5 Å². The van der Waals surface area contributed by atoms with Crippen molar-refractivity contribution in [1.82, 2.24) is 9.78 Å². The summed E-state index contributed by atoms with van der Waals surface area (Å²) in [5.74, 6) is -1.88. The van der Waals surface area contributed by atoms with Crippen LogP contribution in [0.4, 0.5) is 34.1 Å². The fourth-order valence-corrected chi connectivity index (χ4v) is 4.30. The number of fused-ring (bicyclic) bond motifs is 1. The third-order valence-electron chi connectivity index (χ3n) is 6.67. The summed E-state index contributed by atoms with van der Waals surface area (Å²) in [4.78, 5) is 20.3. The smallest absolute Gasteiger partial charge is 0.871 e. The zero-order valence-corrected chi connectivity index (χ0v) is 29.3. The molecule has 0 spiro atoms. The Hall–Kier alpha value is -5.70. The van der Waals surface area contributed by atoms with E-state index < -0.39 is 27.2 Å². The van der Waals surface area contributed by atoms with Gasteiger partial charge in [0.2, 0.25) is 0 Å². The van der Waals surface area contributed by atoms with Crippen LogP contribution >= 0.6 is 0 Å². The number of nitrogens with zero attached hydrogens (tertiary/aromatic N) is 8. The number of hydrogen-bond acceptors (Lipinski definition) is 13. The summed E-state index contributed by atoms with van der Waals surface area (Å²) in [6.45, 7) is 1.58. The van der Waals surface area contributed by atoms with E-state index in [0.717, 1.165) is 41.8 Å². The first-order valence-corrected chi connectivity index (χ1v) is 13.8. The van der Waals surface area contributed by atoms with Crippen molar-refractivity contribution in [1.29, 1.82) is 0 Å². The number of rotatable bonds is 7. The molecule has 0 aliphatic heterocycles. The molecule has 0 aliphatic carbocycles. The SMILES string of the molecule is Cc1nn(-c2ccccc2)c([O-])c1N=Nc1cc([N+](=O)[O-])ccc1[O-].O=[N+]([O-])c1ccc([O-])c(N=Nc2c([O-])ccc3ccccc23)c1.[Cr+3].[Na+]. The number of azo groups is 2. The van der Waals surface area contributed by atoms with Crippen molar-refractivity contribution in [3.8, 4) is 28.8 Å².